The van der Waals surface area contributed by atoms with Gasteiger partial charge >= 0.3 is 0 Å². The molecule has 0 radical (unpaired) electrons. The molecule has 1 aliphatic rings. The molecule has 2 rings (SSSR count). The quantitative estimate of drug-likeness (QED) is 0.926. The summed E-state index contributed by atoms with van der Waals surface area (Å²) in [4.78, 5) is 14.4. The van der Waals surface area contributed by atoms with Gasteiger partial charge in [0.25, 0.3) is 5.91 Å². The van der Waals surface area contributed by atoms with Crippen LogP contribution in [0.25, 0.3) is 0 Å². The minimum Gasteiger partial charge on any atom is -0.361 e. The standard InChI is InChI=1S/C14H23N3O2.ClH/c1-4-15-9-12-5-7-17(8-6-12)14(18)13-10(2)16-19-11(13)3;/h12,15H,4-9H2,1-3H3;1H. The summed E-state index contributed by atoms with van der Waals surface area (Å²) in [6.07, 6.45) is 2.14. The SMILES string of the molecule is CCNCC1CCN(C(=O)c2c(C)noc2C)CC1.Cl. The molecule has 0 bridgehead atoms. The number of amides is 1. The maximum atomic E-state index is 12.4. The Bertz CT molecular complexity index is 420. The molecule has 1 N–H and O–H groups in total. The Kier molecular flexibility index (Phi) is 6.49. The predicted molar refractivity (Wildman–Crippen MR) is 80.4 cm³/mol. The first-order valence-electron chi connectivity index (χ1n) is 7.06. The summed E-state index contributed by atoms with van der Waals surface area (Å²) < 4.78 is 5.07. The maximum absolute atomic E-state index is 12.4. The topological polar surface area (TPSA) is 58.4 Å². The molecule has 2 heterocycles. The van der Waals surface area contributed by atoms with E-state index < -0.39 is 0 Å². The van der Waals surface area contributed by atoms with Crippen molar-refractivity contribution in [2.45, 2.75) is 33.6 Å². The molecule has 20 heavy (non-hydrogen) atoms. The minimum absolute atomic E-state index is 0. The fourth-order valence-corrected chi connectivity index (χ4v) is 2.64. The number of halogens is 1. The zero-order valence-corrected chi connectivity index (χ0v) is 13.3. The van der Waals surface area contributed by atoms with Crippen molar-refractivity contribution < 1.29 is 9.32 Å². The van der Waals surface area contributed by atoms with Crippen LogP contribution in [0.15, 0.2) is 4.52 Å². The van der Waals surface area contributed by atoms with Gasteiger partial charge in [-0.15, -0.1) is 12.4 Å². The Labute approximate surface area is 126 Å². The second-order valence-corrected chi connectivity index (χ2v) is 5.24. The number of likely N-dealkylation sites (tertiary alicyclic amines) is 1. The first-order chi connectivity index (χ1) is 9.13. The van der Waals surface area contributed by atoms with Gasteiger partial charge in [0.1, 0.15) is 11.3 Å². The molecule has 1 aromatic rings. The van der Waals surface area contributed by atoms with E-state index in [-0.39, 0.29) is 18.3 Å². The van der Waals surface area contributed by atoms with Crippen LogP contribution in [0, 0.1) is 19.8 Å². The van der Waals surface area contributed by atoms with Crippen molar-refractivity contribution in [2.24, 2.45) is 5.92 Å². The van der Waals surface area contributed by atoms with Crippen LogP contribution in [0.3, 0.4) is 0 Å². The number of carbonyl (C=O) groups is 1. The van der Waals surface area contributed by atoms with Crippen LogP contribution in [-0.2, 0) is 0 Å². The van der Waals surface area contributed by atoms with E-state index >= 15 is 0 Å². The van der Waals surface area contributed by atoms with Gasteiger partial charge in [-0.2, -0.15) is 0 Å². The summed E-state index contributed by atoms with van der Waals surface area (Å²) in [5, 5.41) is 7.23. The van der Waals surface area contributed by atoms with Crippen LogP contribution in [0.4, 0.5) is 0 Å². The van der Waals surface area contributed by atoms with E-state index in [4.69, 9.17) is 4.52 Å². The van der Waals surface area contributed by atoms with Crippen molar-refractivity contribution in [1.29, 1.82) is 0 Å². The highest BCUT2D eigenvalue weighted by Crippen LogP contribution is 2.21. The number of piperidine rings is 1. The van der Waals surface area contributed by atoms with E-state index in [9.17, 15) is 4.79 Å². The first-order valence-corrected chi connectivity index (χ1v) is 7.06. The zero-order valence-electron chi connectivity index (χ0n) is 12.4. The number of aryl methyl sites for hydroxylation is 2. The van der Waals surface area contributed by atoms with E-state index in [0.717, 1.165) is 39.0 Å². The van der Waals surface area contributed by atoms with Crippen molar-refractivity contribution in [3.63, 3.8) is 0 Å². The Balaban J connectivity index is 0.00000200. The summed E-state index contributed by atoms with van der Waals surface area (Å²) in [6.45, 7) is 9.48. The minimum atomic E-state index is 0. The molecule has 1 aromatic heterocycles. The second kappa shape index (κ2) is 7.64. The molecule has 1 aliphatic heterocycles. The lowest BCUT2D eigenvalue weighted by Gasteiger charge is -2.32. The summed E-state index contributed by atoms with van der Waals surface area (Å²) in [6, 6.07) is 0. The lowest BCUT2D eigenvalue weighted by molar-refractivity contribution is 0.0688. The zero-order chi connectivity index (χ0) is 13.8. The molecular weight excluding hydrogens is 278 g/mol. The van der Waals surface area contributed by atoms with E-state index in [2.05, 4.69) is 17.4 Å². The third-order valence-electron chi connectivity index (χ3n) is 3.83. The van der Waals surface area contributed by atoms with E-state index in [0.29, 0.717) is 22.9 Å². The summed E-state index contributed by atoms with van der Waals surface area (Å²) in [5.41, 5.74) is 1.34. The largest absolute Gasteiger partial charge is 0.361 e. The lowest BCUT2D eigenvalue weighted by Crippen LogP contribution is -2.41. The van der Waals surface area contributed by atoms with Crippen LogP contribution in [-0.4, -0.2) is 42.1 Å². The first kappa shape index (κ1) is 17.0. The molecule has 1 amide bonds. The molecule has 0 unspecified atom stereocenters. The average molecular weight is 302 g/mol. The maximum Gasteiger partial charge on any atom is 0.259 e. The molecule has 0 aliphatic carbocycles. The molecular formula is C14H24ClN3O2. The van der Waals surface area contributed by atoms with E-state index in [1.165, 1.54) is 0 Å². The summed E-state index contributed by atoms with van der Waals surface area (Å²) >= 11 is 0. The van der Waals surface area contributed by atoms with Crippen molar-refractivity contribution >= 4 is 18.3 Å². The van der Waals surface area contributed by atoms with E-state index in [1.54, 1.807) is 6.92 Å². The van der Waals surface area contributed by atoms with Crippen molar-refractivity contribution in [1.82, 2.24) is 15.4 Å². The highest BCUT2D eigenvalue weighted by atomic mass is 35.5. The Morgan fingerprint density at radius 3 is 2.55 bits per heavy atom. The molecule has 5 nitrogen and oxygen atoms in total. The molecule has 1 saturated heterocycles. The van der Waals surface area contributed by atoms with Gasteiger partial charge in [-0.3, -0.25) is 4.79 Å². The fraction of sp³-hybridized carbons (Fsp3) is 0.714. The van der Waals surface area contributed by atoms with Crippen LogP contribution in [0.2, 0.25) is 0 Å². The van der Waals surface area contributed by atoms with Gasteiger partial charge in [0, 0.05) is 13.1 Å². The van der Waals surface area contributed by atoms with Crippen LogP contribution in [0.5, 0.6) is 0 Å². The molecule has 0 spiro atoms. The molecule has 0 atom stereocenters. The number of nitrogens with one attached hydrogen (secondary N) is 1. The monoisotopic (exact) mass is 301 g/mol. The number of carbonyl (C=O) groups excluding carboxylic acids is 1. The van der Waals surface area contributed by atoms with Gasteiger partial charge in [0.2, 0.25) is 0 Å². The second-order valence-electron chi connectivity index (χ2n) is 5.24. The summed E-state index contributed by atoms with van der Waals surface area (Å²) in [7, 11) is 0. The Hall–Kier alpha value is -1.07. The van der Waals surface area contributed by atoms with Crippen LogP contribution in [0.1, 0.15) is 41.6 Å². The normalized spacial score (nSPS) is 16.1. The average Bonchev–Trinajstić information content (AvgIpc) is 2.76. The van der Waals surface area contributed by atoms with Gasteiger partial charge in [-0.1, -0.05) is 12.1 Å². The fourth-order valence-electron chi connectivity index (χ4n) is 2.64. The summed E-state index contributed by atoms with van der Waals surface area (Å²) in [5.74, 6) is 1.38. The predicted octanol–water partition coefficient (Wildman–Crippen LogP) is 2.17. The van der Waals surface area contributed by atoms with Gasteiger partial charge in [0.05, 0.1) is 5.69 Å². The van der Waals surface area contributed by atoms with Crippen LogP contribution < -0.4 is 5.32 Å². The molecule has 0 saturated carbocycles. The Morgan fingerprint density at radius 1 is 1.40 bits per heavy atom. The molecule has 6 heteroatoms. The van der Waals surface area contributed by atoms with Crippen LogP contribution >= 0.6 is 12.4 Å². The van der Waals surface area contributed by atoms with Gasteiger partial charge in [0.15, 0.2) is 0 Å². The number of nitrogens with zero attached hydrogens (tertiary/aromatic N) is 2. The third kappa shape index (κ3) is 3.73. The lowest BCUT2D eigenvalue weighted by atomic mass is 9.96. The smallest absolute Gasteiger partial charge is 0.259 e. The van der Waals surface area contributed by atoms with Crippen molar-refractivity contribution in [3.8, 4) is 0 Å². The molecule has 0 aromatic carbocycles. The van der Waals surface area contributed by atoms with E-state index in [1.807, 2.05) is 11.8 Å². The van der Waals surface area contributed by atoms with Gasteiger partial charge in [-0.25, -0.2) is 0 Å². The highest BCUT2D eigenvalue weighted by Gasteiger charge is 2.27. The Morgan fingerprint density at radius 2 is 2.05 bits per heavy atom. The van der Waals surface area contributed by atoms with Crippen molar-refractivity contribution in [3.05, 3.63) is 17.0 Å². The van der Waals surface area contributed by atoms with Crippen molar-refractivity contribution in [2.75, 3.05) is 26.2 Å². The number of hydrogen-bond donors (Lipinski definition) is 1. The number of hydrogen-bond acceptors (Lipinski definition) is 4. The number of rotatable bonds is 4. The highest BCUT2D eigenvalue weighted by molar-refractivity contribution is 5.96. The number of aromatic nitrogens is 1. The molecule has 114 valence electrons. The van der Waals surface area contributed by atoms with Gasteiger partial charge < -0.3 is 14.7 Å². The van der Waals surface area contributed by atoms with Gasteiger partial charge in [-0.05, 0) is 45.7 Å². The third-order valence-corrected chi connectivity index (χ3v) is 3.83. The molecule has 1 fully saturated rings.